The van der Waals surface area contributed by atoms with Crippen molar-refractivity contribution in [3.05, 3.63) is 23.8 Å². The molecular weight excluding hydrogens is 218 g/mol. The summed E-state index contributed by atoms with van der Waals surface area (Å²) in [5.74, 6) is 0.132. The Morgan fingerprint density at radius 2 is 2.35 bits per heavy atom. The first-order valence-corrected chi connectivity index (χ1v) is 5.76. The molecule has 0 spiro atoms. The van der Waals surface area contributed by atoms with Gasteiger partial charge in [0, 0.05) is 13.5 Å². The number of carboxylic acid groups (broad SMARTS) is 1. The number of hydrogen-bond donors (Lipinski definition) is 1. The lowest BCUT2D eigenvalue weighted by Crippen LogP contribution is -2.41. The largest absolute Gasteiger partial charge is 0.489 e. The molecule has 2 rings (SSSR count). The number of rotatable bonds is 3. The van der Waals surface area contributed by atoms with Crippen LogP contribution in [0.15, 0.2) is 18.2 Å². The van der Waals surface area contributed by atoms with Crippen LogP contribution in [0.3, 0.4) is 0 Å². The van der Waals surface area contributed by atoms with Gasteiger partial charge in [0.25, 0.3) is 0 Å². The standard InChI is InChI=1S/C13H17NO3/c1-9-4-3-5-11-13(9)14(2)10(8-17-11)6-7-12(15)16/h3-5,10H,6-8H2,1-2H3,(H,15,16). The number of carbonyl (C=O) groups is 1. The van der Waals surface area contributed by atoms with E-state index in [0.717, 1.165) is 17.0 Å². The normalized spacial score (nSPS) is 18.5. The van der Waals surface area contributed by atoms with Gasteiger partial charge in [-0.15, -0.1) is 0 Å². The molecule has 0 fully saturated rings. The molecule has 1 aliphatic heterocycles. The van der Waals surface area contributed by atoms with Crippen LogP contribution in [0.5, 0.6) is 5.75 Å². The molecule has 1 aromatic rings. The topological polar surface area (TPSA) is 49.8 Å². The summed E-state index contributed by atoms with van der Waals surface area (Å²) in [5.41, 5.74) is 2.24. The second kappa shape index (κ2) is 4.65. The SMILES string of the molecule is Cc1cccc2c1N(C)C(CCC(=O)O)CO2. The van der Waals surface area contributed by atoms with E-state index in [9.17, 15) is 4.79 Å². The van der Waals surface area contributed by atoms with Gasteiger partial charge in [-0.05, 0) is 25.0 Å². The lowest BCUT2D eigenvalue weighted by atomic mass is 10.1. The second-order valence-electron chi connectivity index (χ2n) is 4.43. The summed E-state index contributed by atoms with van der Waals surface area (Å²) >= 11 is 0. The van der Waals surface area contributed by atoms with Gasteiger partial charge in [0.1, 0.15) is 12.4 Å². The number of likely N-dealkylation sites (N-methyl/N-ethyl adjacent to an activating group) is 1. The maximum Gasteiger partial charge on any atom is 0.303 e. The van der Waals surface area contributed by atoms with Gasteiger partial charge in [0.15, 0.2) is 0 Å². The molecule has 1 aliphatic rings. The van der Waals surface area contributed by atoms with Crippen molar-refractivity contribution in [1.29, 1.82) is 0 Å². The number of para-hydroxylation sites is 1. The lowest BCUT2D eigenvalue weighted by Gasteiger charge is -2.36. The molecule has 0 radical (unpaired) electrons. The van der Waals surface area contributed by atoms with E-state index in [1.54, 1.807) is 0 Å². The van der Waals surface area contributed by atoms with Crippen LogP contribution in [-0.4, -0.2) is 30.8 Å². The number of ether oxygens (including phenoxy) is 1. The molecule has 0 amide bonds. The van der Waals surface area contributed by atoms with E-state index in [1.165, 1.54) is 0 Å². The van der Waals surface area contributed by atoms with E-state index in [-0.39, 0.29) is 12.5 Å². The van der Waals surface area contributed by atoms with Crippen LogP contribution in [0.25, 0.3) is 0 Å². The average Bonchev–Trinajstić information content (AvgIpc) is 2.28. The maximum absolute atomic E-state index is 10.6. The smallest absolute Gasteiger partial charge is 0.303 e. The van der Waals surface area contributed by atoms with Crippen LogP contribution in [0, 0.1) is 6.92 Å². The van der Waals surface area contributed by atoms with Crippen molar-refractivity contribution in [2.75, 3.05) is 18.6 Å². The van der Waals surface area contributed by atoms with Crippen molar-refractivity contribution in [2.24, 2.45) is 0 Å². The summed E-state index contributed by atoms with van der Waals surface area (Å²) in [4.78, 5) is 12.7. The molecule has 0 saturated carbocycles. The predicted molar refractivity (Wildman–Crippen MR) is 65.7 cm³/mol. The van der Waals surface area contributed by atoms with E-state index in [1.807, 2.05) is 32.2 Å². The molecule has 0 bridgehead atoms. The Morgan fingerprint density at radius 3 is 3.06 bits per heavy atom. The van der Waals surface area contributed by atoms with Crippen molar-refractivity contribution in [2.45, 2.75) is 25.8 Å². The second-order valence-corrected chi connectivity index (χ2v) is 4.43. The Kier molecular flexibility index (Phi) is 3.22. The van der Waals surface area contributed by atoms with Gasteiger partial charge in [-0.3, -0.25) is 4.79 Å². The number of aliphatic carboxylic acids is 1. The summed E-state index contributed by atoms with van der Waals surface area (Å²) in [6, 6.07) is 6.10. The van der Waals surface area contributed by atoms with Crippen molar-refractivity contribution < 1.29 is 14.6 Å². The van der Waals surface area contributed by atoms with Crippen molar-refractivity contribution >= 4 is 11.7 Å². The molecule has 4 nitrogen and oxygen atoms in total. The number of benzene rings is 1. The highest BCUT2D eigenvalue weighted by Crippen LogP contribution is 2.36. The van der Waals surface area contributed by atoms with Crippen LogP contribution in [-0.2, 0) is 4.79 Å². The first-order chi connectivity index (χ1) is 8.09. The Balaban J connectivity index is 2.17. The molecule has 0 aromatic heterocycles. The molecule has 1 unspecified atom stereocenters. The van der Waals surface area contributed by atoms with Crippen molar-refractivity contribution in [1.82, 2.24) is 0 Å². The zero-order valence-electron chi connectivity index (χ0n) is 10.1. The van der Waals surface area contributed by atoms with Gasteiger partial charge in [-0.1, -0.05) is 12.1 Å². The molecule has 4 heteroatoms. The number of aryl methyl sites for hydroxylation is 1. The Morgan fingerprint density at radius 1 is 1.59 bits per heavy atom. The Bertz CT molecular complexity index is 431. The quantitative estimate of drug-likeness (QED) is 0.871. The lowest BCUT2D eigenvalue weighted by molar-refractivity contribution is -0.137. The molecule has 1 N–H and O–H groups in total. The van der Waals surface area contributed by atoms with Crippen molar-refractivity contribution in [3.8, 4) is 5.75 Å². The van der Waals surface area contributed by atoms with Crippen molar-refractivity contribution in [3.63, 3.8) is 0 Å². The minimum absolute atomic E-state index is 0.139. The van der Waals surface area contributed by atoms with Crippen LogP contribution in [0.1, 0.15) is 18.4 Å². The number of hydrogen-bond acceptors (Lipinski definition) is 3. The van der Waals surface area contributed by atoms with E-state index >= 15 is 0 Å². The molecule has 92 valence electrons. The maximum atomic E-state index is 10.6. The number of nitrogens with zero attached hydrogens (tertiary/aromatic N) is 1. The van der Waals surface area contributed by atoms with Crippen LogP contribution < -0.4 is 9.64 Å². The van der Waals surface area contributed by atoms with E-state index in [4.69, 9.17) is 9.84 Å². The van der Waals surface area contributed by atoms with Crippen LogP contribution in [0.2, 0.25) is 0 Å². The van der Waals surface area contributed by atoms with Gasteiger partial charge in [-0.2, -0.15) is 0 Å². The Labute approximate surface area is 101 Å². The highest BCUT2D eigenvalue weighted by Gasteiger charge is 2.26. The number of carboxylic acids is 1. The minimum atomic E-state index is -0.756. The summed E-state index contributed by atoms with van der Waals surface area (Å²) in [5, 5.41) is 8.72. The van der Waals surface area contributed by atoms with E-state index in [0.29, 0.717) is 13.0 Å². The minimum Gasteiger partial charge on any atom is -0.489 e. The third-order valence-electron chi connectivity index (χ3n) is 3.22. The van der Waals surface area contributed by atoms with Crippen LogP contribution in [0.4, 0.5) is 5.69 Å². The van der Waals surface area contributed by atoms with Gasteiger partial charge in [0.2, 0.25) is 0 Å². The molecule has 17 heavy (non-hydrogen) atoms. The first kappa shape index (κ1) is 11.8. The molecule has 1 aromatic carbocycles. The monoisotopic (exact) mass is 235 g/mol. The Hall–Kier alpha value is -1.71. The third kappa shape index (κ3) is 2.35. The molecule has 1 atom stereocenters. The fourth-order valence-electron chi connectivity index (χ4n) is 2.25. The van der Waals surface area contributed by atoms with E-state index < -0.39 is 5.97 Å². The number of fused-ring (bicyclic) bond motifs is 1. The summed E-state index contributed by atoms with van der Waals surface area (Å²) in [6.45, 7) is 2.60. The highest BCUT2D eigenvalue weighted by atomic mass is 16.5. The number of anilines is 1. The zero-order chi connectivity index (χ0) is 12.4. The first-order valence-electron chi connectivity index (χ1n) is 5.76. The fraction of sp³-hybridized carbons (Fsp3) is 0.462. The highest BCUT2D eigenvalue weighted by molar-refractivity contribution is 5.68. The molecule has 0 aliphatic carbocycles. The third-order valence-corrected chi connectivity index (χ3v) is 3.22. The predicted octanol–water partition coefficient (Wildman–Crippen LogP) is 2.06. The van der Waals surface area contributed by atoms with Gasteiger partial charge >= 0.3 is 5.97 Å². The molecule has 1 heterocycles. The van der Waals surface area contributed by atoms with E-state index in [2.05, 4.69) is 4.90 Å². The summed E-state index contributed by atoms with van der Waals surface area (Å²) < 4.78 is 5.69. The van der Waals surface area contributed by atoms with Gasteiger partial charge in [0.05, 0.1) is 11.7 Å². The molecule has 0 saturated heterocycles. The summed E-state index contributed by atoms with van der Waals surface area (Å²) in [6.07, 6.45) is 0.791. The van der Waals surface area contributed by atoms with Gasteiger partial charge in [-0.25, -0.2) is 0 Å². The summed E-state index contributed by atoms with van der Waals surface area (Å²) in [7, 11) is 2.00. The zero-order valence-corrected chi connectivity index (χ0v) is 10.1. The van der Waals surface area contributed by atoms with Crippen LogP contribution >= 0.6 is 0 Å². The average molecular weight is 235 g/mol. The fourth-order valence-corrected chi connectivity index (χ4v) is 2.25. The molecular formula is C13H17NO3. The van der Waals surface area contributed by atoms with Gasteiger partial charge < -0.3 is 14.7 Å².